The van der Waals surface area contributed by atoms with Crippen molar-refractivity contribution in [2.45, 2.75) is 6.54 Å². The molecule has 1 aromatic rings. The fraction of sp³-hybridized carbons (Fsp3) is 0.400. The summed E-state index contributed by atoms with van der Waals surface area (Å²) in [6, 6.07) is 5.82. The predicted octanol–water partition coefficient (Wildman–Crippen LogP) is 2.07. The number of methoxy groups -OCH3 is 2. The maximum absolute atomic E-state index is 5.26. The lowest BCUT2D eigenvalue weighted by Crippen LogP contribution is -2.04. The van der Waals surface area contributed by atoms with Gasteiger partial charge < -0.3 is 9.47 Å². The molecule has 0 fully saturated rings. The van der Waals surface area contributed by atoms with Gasteiger partial charge in [-0.1, -0.05) is 18.0 Å². The Hall–Kier alpha value is -0.870. The zero-order valence-electron chi connectivity index (χ0n) is 8.66. The zero-order chi connectivity index (χ0) is 10.4. The third kappa shape index (κ3) is 2.82. The summed E-state index contributed by atoms with van der Waals surface area (Å²) in [6.07, 6.45) is 2.00. The topological polar surface area (TPSA) is 30.5 Å². The number of ether oxygens (including phenoxy) is 2. The van der Waals surface area contributed by atoms with E-state index in [0.29, 0.717) is 0 Å². The highest BCUT2D eigenvalue weighted by Crippen LogP contribution is 2.24. The van der Waals surface area contributed by atoms with Gasteiger partial charge in [-0.05, 0) is 12.3 Å². The van der Waals surface area contributed by atoms with E-state index >= 15 is 0 Å². The van der Waals surface area contributed by atoms with Crippen LogP contribution in [-0.2, 0) is 6.54 Å². The third-order valence-electron chi connectivity index (χ3n) is 1.90. The Balaban J connectivity index is 2.82. The molecule has 1 aromatic carbocycles. The quantitative estimate of drug-likeness (QED) is 0.758. The summed E-state index contributed by atoms with van der Waals surface area (Å²) in [4.78, 5) is 0. The van der Waals surface area contributed by atoms with Crippen LogP contribution in [0.5, 0.6) is 11.5 Å². The van der Waals surface area contributed by atoms with E-state index in [0.717, 1.165) is 23.6 Å². The highest BCUT2D eigenvalue weighted by Gasteiger charge is 2.03. The SMILES string of the molecule is COc1ccc(CNSC)c(OC)c1. The molecule has 78 valence electrons. The molecular weight excluding hydrogens is 198 g/mol. The summed E-state index contributed by atoms with van der Waals surface area (Å²) in [5.41, 5.74) is 1.13. The van der Waals surface area contributed by atoms with Crippen LogP contribution in [0.2, 0.25) is 0 Å². The average Bonchev–Trinajstić information content (AvgIpc) is 2.26. The number of hydrogen-bond acceptors (Lipinski definition) is 4. The number of hydrogen-bond donors (Lipinski definition) is 1. The molecular formula is C10H15NO2S. The lowest BCUT2D eigenvalue weighted by Gasteiger charge is -2.09. The van der Waals surface area contributed by atoms with Gasteiger partial charge in [-0.25, -0.2) is 0 Å². The molecule has 0 saturated carbocycles. The van der Waals surface area contributed by atoms with Gasteiger partial charge in [0, 0.05) is 18.2 Å². The number of benzene rings is 1. The molecule has 0 aliphatic heterocycles. The Morgan fingerprint density at radius 2 is 2.07 bits per heavy atom. The predicted molar refractivity (Wildman–Crippen MR) is 59.9 cm³/mol. The molecule has 0 bridgehead atoms. The second kappa shape index (κ2) is 5.78. The summed E-state index contributed by atoms with van der Waals surface area (Å²) in [7, 11) is 3.31. The van der Waals surface area contributed by atoms with Crippen molar-refractivity contribution in [3.8, 4) is 11.5 Å². The molecule has 0 aromatic heterocycles. The molecule has 0 saturated heterocycles. The van der Waals surface area contributed by atoms with Gasteiger partial charge in [0.2, 0.25) is 0 Å². The highest BCUT2D eigenvalue weighted by atomic mass is 32.2. The minimum atomic E-state index is 0.786. The molecule has 0 aliphatic rings. The lowest BCUT2D eigenvalue weighted by molar-refractivity contribution is 0.391. The summed E-state index contributed by atoms with van der Waals surface area (Å²) in [5, 5.41) is 0. The van der Waals surface area contributed by atoms with Gasteiger partial charge in [-0.15, -0.1) is 0 Å². The van der Waals surface area contributed by atoms with Crippen LogP contribution >= 0.6 is 11.9 Å². The van der Waals surface area contributed by atoms with Gasteiger partial charge >= 0.3 is 0 Å². The molecule has 4 heteroatoms. The van der Waals surface area contributed by atoms with E-state index in [-0.39, 0.29) is 0 Å². The van der Waals surface area contributed by atoms with Gasteiger partial charge in [-0.3, -0.25) is 4.72 Å². The summed E-state index contributed by atoms with van der Waals surface area (Å²) in [6.45, 7) is 0.786. The Morgan fingerprint density at radius 1 is 1.29 bits per heavy atom. The minimum Gasteiger partial charge on any atom is -0.497 e. The first-order valence-corrected chi connectivity index (χ1v) is 5.51. The van der Waals surface area contributed by atoms with Gasteiger partial charge in [0.15, 0.2) is 0 Å². The van der Waals surface area contributed by atoms with Gasteiger partial charge in [0.05, 0.1) is 14.2 Å². The van der Waals surface area contributed by atoms with Crippen molar-refractivity contribution in [1.29, 1.82) is 0 Å². The molecule has 1 N–H and O–H groups in total. The van der Waals surface area contributed by atoms with Crippen LogP contribution < -0.4 is 14.2 Å². The summed E-state index contributed by atoms with van der Waals surface area (Å²) >= 11 is 1.59. The van der Waals surface area contributed by atoms with Crippen LogP contribution in [0.15, 0.2) is 18.2 Å². The smallest absolute Gasteiger partial charge is 0.127 e. The molecule has 0 spiro atoms. The van der Waals surface area contributed by atoms with Crippen LogP contribution in [0.1, 0.15) is 5.56 Å². The van der Waals surface area contributed by atoms with Crippen LogP contribution in [0.25, 0.3) is 0 Å². The van der Waals surface area contributed by atoms with Crippen LogP contribution in [0.4, 0.5) is 0 Å². The van der Waals surface area contributed by atoms with Crippen LogP contribution in [0.3, 0.4) is 0 Å². The van der Waals surface area contributed by atoms with E-state index < -0.39 is 0 Å². The second-order valence-electron chi connectivity index (χ2n) is 2.70. The van der Waals surface area contributed by atoms with Crippen molar-refractivity contribution >= 4 is 11.9 Å². The Labute approximate surface area is 88.9 Å². The van der Waals surface area contributed by atoms with Gasteiger partial charge in [0.1, 0.15) is 11.5 Å². The van der Waals surface area contributed by atoms with Crippen molar-refractivity contribution < 1.29 is 9.47 Å². The second-order valence-corrected chi connectivity index (χ2v) is 3.40. The molecule has 0 unspecified atom stereocenters. The van der Waals surface area contributed by atoms with E-state index in [9.17, 15) is 0 Å². The number of nitrogens with one attached hydrogen (secondary N) is 1. The molecule has 1 rings (SSSR count). The largest absolute Gasteiger partial charge is 0.497 e. The van der Waals surface area contributed by atoms with Crippen molar-refractivity contribution in [1.82, 2.24) is 4.72 Å². The highest BCUT2D eigenvalue weighted by molar-refractivity contribution is 7.96. The molecule has 14 heavy (non-hydrogen) atoms. The Morgan fingerprint density at radius 3 is 2.64 bits per heavy atom. The molecule has 0 aliphatic carbocycles. The first-order valence-electron chi connectivity index (χ1n) is 4.28. The van der Waals surface area contributed by atoms with Crippen LogP contribution in [0, 0.1) is 0 Å². The van der Waals surface area contributed by atoms with E-state index in [2.05, 4.69) is 4.72 Å². The van der Waals surface area contributed by atoms with Crippen LogP contribution in [-0.4, -0.2) is 20.5 Å². The lowest BCUT2D eigenvalue weighted by atomic mass is 10.2. The maximum Gasteiger partial charge on any atom is 0.127 e. The van der Waals surface area contributed by atoms with Crippen molar-refractivity contribution in [3.63, 3.8) is 0 Å². The monoisotopic (exact) mass is 213 g/mol. The van der Waals surface area contributed by atoms with Gasteiger partial charge in [0.25, 0.3) is 0 Å². The summed E-state index contributed by atoms with van der Waals surface area (Å²) < 4.78 is 13.5. The molecule has 0 heterocycles. The zero-order valence-corrected chi connectivity index (χ0v) is 9.48. The van der Waals surface area contributed by atoms with E-state index in [1.807, 2.05) is 24.5 Å². The van der Waals surface area contributed by atoms with Crippen molar-refractivity contribution in [2.24, 2.45) is 0 Å². The Bertz CT molecular complexity index is 291. The van der Waals surface area contributed by atoms with Crippen molar-refractivity contribution in [2.75, 3.05) is 20.5 Å². The van der Waals surface area contributed by atoms with E-state index in [1.165, 1.54) is 0 Å². The first kappa shape index (κ1) is 11.2. The Kier molecular flexibility index (Phi) is 4.62. The standard InChI is InChI=1S/C10H15NO2S/c1-12-9-5-4-8(7-11-14-3)10(6-9)13-2/h4-6,11H,7H2,1-3H3. The van der Waals surface area contributed by atoms with E-state index in [1.54, 1.807) is 26.2 Å². The fourth-order valence-electron chi connectivity index (χ4n) is 1.15. The maximum atomic E-state index is 5.26. The van der Waals surface area contributed by atoms with Crippen molar-refractivity contribution in [3.05, 3.63) is 23.8 Å². The molecule has 3 nitrogen and oxygen atoms in total. The molecule has 0 amide bonds. The number of rotatable bonds is 5. The summed E-state index contributed by atoms with van der Waals surface area (Å²) in [5.74, 6) is 1.67. The third-order valence-corrected chi connectivity index (χ3v) is 2.33. The molecule has 0 atom stereocenters. The van der Waals surface area contributed by atoms with E-state index in [4.69, 9.17) is 9.47 Å². The normalized spacial score (nSPS) is 9.93. The first-order chi connectivity index (χ1) is 6.81. The van der Waals surface area contributed by atoms with Gasteiger partial charge in [-0.2, -0.15) is 0 Å². The average molecular weight is 213 g/mol. The minimum absolute atomic E-state index is 0.786. The molecule has 0 radical (unpaired) electrons. The fourth-order valence-corrected chi connectivity index (χ4v) is 1.45.